The molecule has 0 bridgehead atoms. The minimum Gasteiger partial charge on any atom is -0.339 e. The van der Waals surface area contributed by atoms with Crippen LogP contribution in [0.2, 0.25) is 0 Å². The predicted octanol–water partition coefficient (Wildman–Crippen LogP) is 0.00710. The van der Waals surface area contributed by atoms with Crippen LogP contribution in [-0.4, -0.2) is 47.0 Å². The Hall–Kier alpha value is -0.750. The molecule has 0 aromatic carbocycles. The molecule has 2 fully saturated rings. The summed E-state index contributed by atoms with van der Waals surface area (Å²) in [7, 11) is 0. The molecule has 5 nitrogen and oxygen atoms in total. The first-order valence-electron chi connectivity index (χ1n) is 5.54. The summed E-state index contributed by atoms with van der Waals surface area (Å²) in [5, 5.41) is 2.57. The number of nitrogens with zero attached hydrogens (tertiary/aromatic N) is 1. The maximum absolute atomic E-state index is 12.1. The molecule has 2 rings (SSSR count). The maximum atomic E-state index is 12.1. The Morgan fingerprint density at radius 1 is 1.56 bits per heavy atom. The highest BCUT2D eigenvalue weighted by Crippen LogP contribution is 2.19. The van der Waals surface area contributed by atoms with Crippen molar-refractivity contribution in [2.75, 3.05) is 18.8 Å². The first-order chi connectivity index (χ1) is 7.56. The van der Waals surface area contributed by atoms with Crippen molar-refractivity contribution in [2.45, 2.75) is 25.4 Å². The van der Waals surface area contributed by atoms with Crippen LogP contribution in [-0.2, 0) is 4.79 Å². The largest absolute Gasteiger partial charge is 0.339 e. The first kappa shape index (κ1) is 11.7. The molecule has 16 heavy (non-hydrogen) atoms. The van der Waals surface area contributed by atoms with E-state index in [2.05, 4.69) is 12.2 Å². The number of nitrogens with two attached hydrogens (primary N) is 1. The number of likely N-dealkylation sites (tertiary alicyclic amines) is 1. The number of rotatable bonds is 1. The summed E-state index contributed by atoms with van der Waals surface area (Å²) in [5.41, 5.74) is 5.89. The summed E-state index contributed by atoms with van der Waals surface area (Å²) >= 11 is 1.17. The van der Waals surface area contributed by atoms with Crippen molar-refractivity contribution in [3.8, 4) is 0 Å². The van der Waals surface area contributed by atoms with Crippen LogP contribution in [0.3, 0.4) is 0 Å². The third-order valence-electron chi connectivity index (χ3n) is 2.98. The fraction of sp³-hybridized carbons (Fsp3) is 0.800. The maximum Gasteiger partial charge on any atom is 0.279 e. The molecule has 2 aliphatic heterocycles. The molecule has 3 N–H and O–H groups in total. The van der Waals surface area contributed by atoms with Crippen LogP contribution < -0.4 is 11.1 Å². The van der Waals surface area contributed by atoms with Crippen LogP contribution >= 0.6 is 11.8 Å². The van der Waals surface area contributed by atoms with Crippen molar-refractivity contribution in [1.29, 1.82) is 0 Å². The number of carbonyl (C=O) groups excluding carboxylic acids is 2. The van der Waals surface area contributed by atoms with Gasteiger partial charge in [-0.2, -0.15) is 0 Å². The van der Waals surface area contributed by atoms with Crippen LogP contribution in [0.25, 0.3) is 0 Å². The molecule has 2 saturated heterocycles. The van der Waals surface area contributed by atoms with Crippen LogP contribution in [0, 0.1) is 5.92 Å². The van der Waals surface area contributed by atoms with E-state index in [0.29, 0.717) is 18.2 Å². The third-order valence-corrected chi connectivity index (χ3v) is 3.86. The van der Waals surface area contributed by atoms with Gasteiger partial charge in [-0.3, -0.25) is 9.59 Å². The van der Waals surface area contributed by atoms with Gasteiger partial charge in [0.15, 0.2) is 0 Å². The van der Waals surface area contributed by atoms with Crippen LogP contribution in [0.15, 0.2) is 0 Å². The normalized spacial score (nSPS) is 35.0. The Morgan fingerprint density at radius 2 is 2.31 bits per heavy atom. The monoisotopic (exact) mass is 243 g/mol. The first-order valence-corrected chi connectivity index (χ1v) is 6.52. The lowest BCUT2D eigenvalue weighted by atomic mass is 9.96. The van der Waals surface area contributed by atoms with Crippen LogP contribution in [0.4, 0.5) is 4.79 Å². The van der Waals surface area contributed by atoms with Gasteiger partial charge < -0.3 is 16.0 Å². The topological polar surface area (TPSA) is 75.4 Å². The zero-order valence-electron chi connectivity index (χ0n) is 9.31. The Labute approximate surface area is 99.1 Å². The second-order valence-corrected chi connectivity index (χ2v) is 5.63. The number of amides is 2. The molecule has 3 atom stereocenters. The van der Waals surface area contributed by atoms with E-state index in [9.17, 15) is 9.59 Å². The van der Waals surface area contributed by atoms with E-state index in [0.717, 1.165) is 13.0 Å². The summed E-state index contributed by atoms with van der Waals surface area (Å²) in [5.74, 6) is 0.996. The Kier molecular flexibility index (Phi) is 3.39. The van der Waals surface area contributed by atoms with Gasteiger partial charge in [0, 0.05) is 24.9 Å². The molecule has 0 aromatic heterocycles. The molecule has 0 radical (unpaired) electrons. The summed E-state index contributed by atoms with van der Waals surface area (Å²) in [6, 6.07) is -0.285. The molecular weight excluding hydrogens is 226 g/mol. The molecule has 90 valence electrons. The second kappa shape index (κ2) is 4.63. The minimum atomic E-state index is -0.352. The van der Waals surface area contributed by atoms with E-state index in [1.54, 1.807) is 4.90 Å². The summed E-state index contributed by atoms with van der Waals surface area (Å²) in [4.78, 5) is 24.9. The van der Waals surface area contributed by atoms with Gasteiger partial charge in [0.1, 0.15) is 6.04 Å². The Bertz CT molecular complexity index is 300. The standard InChI is InChI=1S/C10H17N3O2S/c1-6-2-7(11)4-13(3-6)9(14)8-5-16-10(15)12-8/h6-8H,2-5,11H2,1H3,(H,12,15). The van der Waals surface area contributed by atoms with Crippen LogP contribution in [0.1, 0.15) is 13.3 Å². The smallest absolute Gasteiger partial charge is 0.279 e. The highest BCUT2D eigenvalue weighted by atomic mass is 32.2. The lowest BCUT2D eigenvalue weighted by Crippen LogP contribution is -2.54. The van der Waals surface area contributed by atoms with E-state index in [4.69, 9.17) is 5.73 Å². The second-order valence-electron chi connectivity index (χ2n) is 4.64. The average Bonchev–Trinajstić information content (AvgIpc) is 2.62. The molecule has 2 heterocycles. The number of hydrogen-bond acceptors (Lipinski definition) is 4. The van der Waals surface area contributed by atoms with Gasteiger partial charge in [-0.15, -0.1) is 0 Å². The average molecular weight is 243 g/mol. The summed E-state index contributed by atoms with van der Waals surface area (Å²) < 4.78 is 0. The predicted molar refractivity (Wildman–Crippen MR) is 63.1 cm³/mol. The van der Waals surface area contributed by atoms with E-state index in [1.165, 1.54) is 11.8 Å². The molecule has 3 unspecified atom stereocenters. The third kappa shape index (κ3) is 2.49. The number of nitrogens with one attached hydrogen (secondary N) is 1. The van der Waals surface area contributed by atoms with Gasteiger partial charge in [-0.25, -0.2) is 0 Å². The molecule has 0 aliphatic carbocycles. The molecule has 0 spiro atoms. The van der Waals surface area contributed by atoms with Crippen molar-refractivity contribution < 1.29 is 9.59 Å². The fourth-order valence-corrected chi connectivity index (χ4v) is 3.09. The van der Waals surface area contributed by atoms with Crippen molar-refractivity contribution in [3.63, 3.8) is 0 Å². The highest BCUT2D eigenvalue weighted by molar-refractivity contribution is 8.14. The highest BCUT2D eigenvalue weighted by Gasteiger charge is 2.34. The molecule has 0 saturated carbocycles. The summed E-state index contributed by atoms with van der Waals surface area (Å²) in [6.45, 7) is 3.46. The zero-order valence-corrected chi connectivity index (χ0v) is 10.1. The lowest BCUT2D eigenvalue weighted by Gasteiger charge is -2.35. The van der Waals surface area contributed by atoms with Gasteiger partial charge in [0.2, 0.25) is 5.91 Å². The van der Waals surface area contributed by atoms with Gasteiger partial charge in [-0.1, -0.05) is 18.7 Å². The van der Waals surface area contributed by atoms with Crippen molar-refractivity contribution >= 4 is 22.9 Å². The quantitative estimate of drug-likeness (QED) is 0.680. The molecule has 2 aliphatic rings. The van der Waals surface area contributed by atoms with Crippen molar-refractivity contribution in [3.05, 3.63) is 0 Å². The lowest BCUT2D eigenvalue weighted by molar-refractivity contribution is -0.134. The van der Waals surface area contributed by atoms with E-state index >= 15 is 0 Å². The molecule has 6 heteroatoms. The summed E-state index contributed by atoms with van der Waals surface area (Å²) in [6.07, 6.45) is 0.968. The van der Waals surface area contributed by atoms with E-state index < -0.39 is 0 Å². The van der Waals surface area contributed by atoms with Crippen molar-refractivity contribution in [1.82, 2.24) is 10.2 Å². The number of carbonyl (C=O) groups is 2. The molecule has 2 amide bonds. The van der Waals surface area contributed by atoms with Gasteiger partial charge in [0.05, 0.1) is 0 Å². The van der Waals surface area contributed by atoms with Gasteiger partial charge >= 0.3 is 0 Å². The fourth-order valence-electron chi connectivity index (χ4n) is 2.32. The SMILES string of the molecule is CC1CC(N)CN(C(=O)C2CSC(=O)N2)C1. The van der Waals surface area contributed by atoms with Crippen LogP contribution in [0.5, 0.6) is 0 Å². The molecule has 0 aromatic rings. The minimum absolute atomic E-state index is 0.0142. The molecular formula is C10H17N3O2S. The zero-order chi connectivity index (χ0) is 11.7. The number of hydrogen-bond donors (Lipinski definition) is 2. The number of piperidine rings is 1. The Morgan fingerprint density at radius 3 is 2.88 bits per heavy atom. The van der Waals surface area contributed by atoms with E-state index in [-0.39, 0.29) is 23.2 Å². The van der Waals surface area contributed by atoms with Gasteiger partial charge in [-0.05, 0) is 12.3 Å². The van der Waals surface area contributed by atoms with E-state index in [1.807, 2.05) is 0 Å². The van der Waals surface area contributed by atoms with Crippen molar-refractivity contribution in [2.24, 2.45) is 11.7 Å². The Balaban J connectivity index is 1.96. The number of thioether (sulfide) groups is 1. The van der Waals surface area contributed by atoms with Gasteiger partial charge in [0.25, 0.3) is 5.24 Å².